The van der Waals surface area contributed by atoms with E-state index >= 15 is 0 Å². The minimum atomic E-state index is -0.530. The van der Waals surface area contributed by atoms with Crippen LogP contribution in [0.4, 0.5) is 0 Å². The topological polar surface area (TPSA) is 43.4 Å². The highest BCUT2D eigenvalue weighted by atomic mass is 16.5. The van der Waals surface area contributed by atoms with E-state index in [1.807, 2.05) is 0 Å². The van der Waals surface area contributed by atoms with Crippen molar-refractivity contribution in [2.45, 2.75) is 39.0 Å². The Morgan fingerprint density at radius 3 is 2.64 bits per heavy atom. The van der Waals surface area contributed by atoms with E-state index in [4.69, 9.17) is 4.74 Å². The first-order valence-corrected chi connectivity index (χ1v) is 5.39. The molecule has 1 unspecified atom stereocenters. The second-order valence-electron chi connectivity index (χ2n) is 3.88. The minimum Gasteiger partial charge on any atom is -0.465 e. The Morgan fingerprint density at radius 1 is 1.50 bits per heavy atom. The van der Waals surface area contributed by atoms with Gasteiger partial charge in [-0.15, -0.1) is 0 Å². The minimum absolute atomic E-state index is 0.352. The fourth-order valence-corrected chi connectivity index (χ4v) is 2.06. The summed E-state index contributed by atoms with van der Waals surface area (Å²) in [6.07, 6.45) is 6.20. The Kier molecular flexibility index (Phi) is 4.63. The Hall–Kier alpha value is -0.860. The van der Waals surface area contributed by atoms with E-state index in [1.165, 1.54) is 12.8 Å². The zero-order valence-electron chi connectivity index (χ0n) is 8.70. The summed E-state index contributed by atoms with van der Waals surface area (Å²) in [4.78, 5) is 22.0. The van der Waals surface area contributed by atoms with E-state index < -0.39 is 5.92 Å². The summed E-state index contributed by atoms with van der Waals surface area (Å²) in [7, 11) is 0. The lowest BCUT2D eigenvalue weighted by Gasteiger charge is -2.13. The fraction of sp³-hybridized carbons (Fsp3) is 0.818. The molecule has 0 aromatic rings. The van der Waals surface area contributed by atoms with Crippen molar-refractivity contribution in [1.29, 1.82) is 0 Å². The van der Waals surface area contributed by atoms with E-state index in [2.05, 4.69) is 0 Å². The highest BCUT2D eigenvalue weighted by molar-refractivity contribution is 5.87. The summed E-state index contributed by atoms with van der Waals surface area (Å²) < 4.78 is 4.84. The molecule has 1 saturated carbocycles. The summed E-state index contributed by atoms with van der Waals surface area (Å²) in [5, 5.41) is 0. The van der Waals surface area contributed by atoms with E-state index in [-0.39, 0.29) is 5.97 Å². The molecule has 14 heavy (non-hydrogen) atoms. The predicted octanol–water partition coefficient (Wildman–Crippen LogP) is 1.94. The lowest BCUT2D eigenvalue weighted by molar-refractivity contribution is -0.149. The molecule has 1 aliphatic rings. The average Bonchev–Trinajstić information content (AvgIpc) is 2.66. The van der Waals surface area contributed by atoms with Crippen molar-refractivity contribution in [3.63, 3.8) is 0 Å². The Balaban J connectivity index is 2.36. The normalized spacial score (nSPS) is 19.2. The second-order valence-corrected chi connectivity index (χ2v) is 3.88. The molecule has 1 aliphatic carbocycles. The molecule has 0 aliphatic heterocycles. The number of carbonyl (C=O) groups is 2. The van der Waals surface area contributed by atoms with Gasteiger partial charge in [0.05, 0.1) is 6.61 Å². The molecule has 0 N–H and O–H groups in total. The number of aldehydes is 1. The van der Waals surface area contributed by atoms with Gasteiger partial charge in [0.25, 0.3) is 0 Å². The highest BCUT2D eigenvalue weighted by Gasteiger charge is 2.25. The van der Waals surface area contributed by atoms with Gasteiger partial charge in [-0.2, -0.15) is 0 Å². The van der Waals surface area contributed by atoms with Gasteiger partial charge in [-0.1, -0.05) is 25.7 Å². The van der Waals surface area contributed by atoms with Gasteiger partial charge in [-0.05, 0) is 19.3 Å². The van der Waals surface area contributed by atoms with Crippen LogP contribution in [-0.2, 0) is 14.3 Å². The summed E-state index contributed by atoms with van der Waals surface area (Å²) >= 11 is 0. The number of rotatable bonds is 5. The lowest BCUT2D eigenvalue weighted by Crippen LogP contribution is -2.21. The molecule has 80 valence electrons. The molecule has 0 saturated heterocycles. The van der Waals surface area contributed by atoms with Gasteiger partial charge in [0, 0.05) is 0 Å². The van der Waals surface area contributed by atoms with Crippen molar-refractivity contribution in [1.82, 2.24) is 0 Å². The van der Waals surface area contributed by atoms with Crippen molar-refractivity contribution in [3.05, 3.63) is 0 Å². The quantitative estimate of drug-likeness (QED) is 0.385. The summed E-state index contributed by atoms with van der Waals surface area (Å²) in [6, 6.07) is 0. The van der Waals surface area contributed by atoms with Gasteiger partial charge >= 0.3 is 5.97 Å². The van der Waals surface area contributed by atoms with Crippen molar-refractivity contribution in [3.8, 4) is 0 Å². The smallest absolute Gasteiger partial charge is 0.316 e. The maximum atomic E-state index is 11.3. The van der Waals surface area contributed by atoms with Gasteiger partial charge in [0.15, 0.2) is 0 Å². The van der Waals surface area contributed by atoms with Crippen molar-refractivity contribution in [2.24, 2.45) is 11.8 Å². The molecule has 0 radical (unpaired) electrons. The van der Waals surface area contributed by atoms with E-state index in [9.17, 15) is 9.59 Å². The third-order valence-corrected chi connectivity index (χ3v) is 2.82. The SMILES string of the molecule is CCOC(=O)C(C=O)CC1CCCC1. The van der Waals surface area contributed by atoms with Gasteiger partial charge in [-0.25, -0.2) is 0 Å². The Labute approximate surface area is 84.8 Å². The third kappa shape index (κ3) is 3.13. The molecule has 0 heterocycles. The van der Waals surface area contributed by atoms with Crippen LogP contribution in [0, 0.1) is 11.8 Å². The van der Waals surface area contributed by atoms with Gasteiger partial charge < -0.3 is 9.53 Å². The maximum Gasteiger partial charge on any atom is 0.316 e. The van der Waals surface area contributed by atoms with Gasteiger partial charge in [-0.3, -0.25) is 4.79 Å². The first-order chi connectivity index (χ1) is 6.77. The monoisotopic (exact) mass is 198 g/mol. The third-order valence-electron chi connectivity index (χ3n) is 2.82. The van der Waals surface area contributed by atoms with E-state index in [0.29, 0.717) is 18.9 Å². The zero-order chi connectivity index (χ0) is 10.4. The predicted molar refractivity (Wildman–Crippen MR) is 52.8 cm³/mol. The first-order valence-electron chi connectivity index (χ1n) is 5.39. The summed E-state index contributed by atoms with van der Waals surface area (Å²) in [5.41, 5.74) is 0. The van der Waals surface area contributed by atoms with E-state index in [0.717, 1.165) is 19.1 Å². The van der Waals surface area contributed by atoms with Crippen LogP contribution in [0.25, 0.3) is 0 Å². The van der Waals surface area contributed by atoms with E-state index in [1.54, 1.807) is 6.92 Å². The Bertz CT molecular complexity index is 195. The molecular weight excluding hydrogens is 180 g/mol. The summed E-state index contributed by atoms with van der Waals surface area (Å²) in [5.74, 6) is -0.331. The molecule has 1 fully saturated rings. The van der Waals surface area contributed by atoms with Crippen molar-refractivity contribution >= 4 is 12.3 Å². The molecule has 0 bridgehead atoms. The zero-order valence-corrected chi connectivity index (χ0v) is 8.70. The first kappa shape index (κ1) is 11.2. The molecule has 0 amide bonds. The average molecular weight is 198 g/mol. The lowest BCUT2D eigenvalue weighted by atomic mass is 9.94. The van der Waals surface area contributed by atoms with Crippen LogP contribution in [0.5, 0.6) is 0 Å². The molecule has 1 rings (SSSR count). The van der Waals surface area contributed by atoms with Crippen molar-refractivity contribution < 1.29 is 14.3 Å². The van der Waals surface area contributed by atoms with Gasteiger partial charge in [0.2, 0.25) is 0 Å². The van der Waals surface area contributed by atoms with Crippen LogP contribution in [-0.4, -0.2) is 18.9 Å². The molecular formula is C11H18O3. The molecule has 0 spiro atoms. The highest BCUT2D eigenvalue weighted by Crippen LogP contribution is 2.30. The second kappa shape index (κ2) is 5.78. The molecule has 1 atom stereocenters. The summed E-state index contributed by atoms with van der Waals surface area (Å²) in [6.45, 7) is 2.11. The fourth-order valence-electron chi connectivity index (χ4n) is 2.06. The molecule has 0 aromatic heterocycles. The van der Waals surface area contributed by atoms with Crippen LogP contribution in [0.15, 0.2) is 0 Å². The Morgan fingerprint density at radius 2 is 2.14 bits per heavy atom. The molecule has 3 heteroatoms. The number of esters is 1. The van der Waals surface area contributed by atoms with Gasteiger partial charge in [0.1, 0.15) is 12.2 Å². The largest absolute Gasteiger partial charge is 0.465 e. The molecule has 3 nitrogen and oxygen atoms in total. The van der Waals surface area contributed by atoms with Crippen LogP contribution in [0.2, 0.25) is 0 Å². The maximum absolute atomic E-state index is 11.3. The van der Waals surface area contributed by atoms with Crippen LogP contribution in [0.1, 0.15) is 39.0 Å². The van der Waals surface area contributed by atoms with Crippen LogP contribution < -0.4 is 0 Å². The van der Waals surface area contributed by atoms with Crippen LogP contribution in [0.3, 0.4) is 0 Å². The van der Waals surface area contributed by atoms with Crippen molar-refractivity contribution in [2.75, 3.05) is 6.61 Å². The number of ether oxygens (including phenoxy) is 1. The number of hydrogen-bond acceptors (Lipinski definition) is 3. The number of carbonyl (C=O) groups excluding carboxylic acids is 2. The molecule has 0 aromatic carbocycles. The number of hydrogen-bond donors (Lipinski definition) is 0. The van der Waals surface area contributed by atoms with Crippen LogP contribution >= 0.6 is 0 Å². The standard InChI is InChI=1S/C11H18O3/c1-2-14-11(13)10(8-12)7-9-5-3-4-6-9/h8-10H,2-7H2,1H3.